The molecular formula is C16H16INO2. The van der Waals surface area contributed by atoms with E-state index in [1.165, 1.54) is 0 Å². The van der Waals surface area contributed by atoms with Gasteiger partial charge in [0.1, 0.15) is 6.04 Å². The molecule has 1 N–H and O–H groups in total. The van der Waals surface area contributed by atoms with Crippen molar-refractivity contribution < 1.29 is 7.86 Å². The first kappa shape index (κ1) is 15.0. The average molecular weight is 381 g/mol. The summed E-state index contributed by atoms with van der Waals surface area (Å²) in [5, 5.41) is 3.26. The van der Waals surface area contributed by atoms with Crippen molar-refractivity contribution in [2.24, 2.45) is 0 Å². The SMILES string of the molecule is O=C(OI)[C@@H](Cc1ccccc1)NCc1ccccc1. The Labute approximate surface area is 133 Å². The van der Waals surface area contributed by atoms with Gasteiger partial charge in [-0.25, -0.2) is 4.79 Å². The van der Waals surface area contributed by atoms with E-state index in [1.54, 1.807) is 23.0 Å². The third-order valence-electron chi connectivity index (χ3n) is 3.04. The molecule has 0 spiro atoms. The van der Waals surface area contributed by atoms with Gasteiger partial charge in [-0.05, 0) is 17.5 Å². The summed E-state index contributed by atoms with van der Waals surface area (Å²) in [6.45, 7) is 0.643. The van der Waals surface area contributed by atoms with Crippen LogP contribution in [0.2, 0.25) is 0 Å². The van der Waals surface area contributed by atoms with Gasteiger partial charge in [-0.1, -0.05) is 60.7 Å². The zero-order valence-electron chi connectivity index (χ0n) is 11.0. The molecule has 0 aliphatic rings. The molecule has 0 saturated carbocycles. The van der Waals surface area contributed by atoms with Gasteiger partial charge in [0.2, 0.25) is 0 Å². The molecule has 0 saturated heterocycles. The summed E-state index contributed by atoms with van der Waals surface area (Å²) in [6, 6.07) is 19.6. The molecule has 2 rings (SSSR count). The zero-order chi connectivity index (χ0) is 14.2. The van der Waals surface area contributed by atoms with Gasteiger partial charge in [-0.2, -0.15) is 0 Å². The molecule has 0 heterocycles. The van der Waals surface area contributed by atoms with Crippen LogP contribution in [-0.4, -0.2) is 12.0 Å². The molecule has 4 heteroatoms. The van der Waals surface area contributed by atoms with Crippen molar-refractivity contribution in [2.75, 3.05) is 0 Å². The van der Waals surface area contributed by atoms with Crippen molar-refractivity contribution in [1.29, 1.82) is 0 Å². The van der Waals surface area contributed by atoms with Gasteiger partial charge in [0.25, 0.3) is 0 Å². The Morgan fingerprint density at radius 1 is 1.00 bits per heavy atom. The van der Waals surface area contributed by atoms with Crippen molar-refractivity contribution >= 4 is 29.0 Å². The fourth-order valence-corrected chi connectivity index (χ4v) is 2.29. The second-order valence-corrected chi connectivity index (χ2v) is 4.95. The topological polar surface area (TPSA) is 38.3 Å². The molecule has 2 aromatic rings. The number of nitrogens with one attached hydrogen (secondary N) is 1. The minimum absolute atomic E-state index is 0.245. The van der Waals surface area contributed by atoms with Crippen molar-refractivity contribution in [3.05, 3.63) is 71.8 Å². The van der Waals surface area contributed by atoms with E-state index in [1.807, 2.05) is 60.7 Å². The number of halogens is 1. The number of rotatable bonds is 6. The van der Waals surface area contributed by atoms with Crippen molar-refractivity contribution in [3.8, 4) is 0 Å². The molecule has 0 aliphatic carbocycles. The van der Waals surface area contributed by atoms with E-state index >= 15 is 0 Å². The monoisotopic (exact) mass is 381 g/mol. The Balaban J connectivity index is 1.99. The molecule has 0 amide bonds. The molecule has 0 aliphatic heterocycles. The lowest BCUT2D eigenvalue weighted by Crippen LogP contribution is -2.38. The highest BCUT2D eigenvalue weighted by Crippen LogP contribution is 2.07. The number of hydrogen-bond donors (Lipinski definition) is 1. The van der Waals surface area contributed by atoms with Crippen LogP contribution in [0.4, 0.5) is 0 Å². The van der Waals surface area contributed by atoms with Crippen LogP contribution in [0, 0.1) is 0 Å². The first-order chi connectivity index (χ1) is 9.79. The van der Waals surface area contributed by atoms with E-state index in [9.17, 15) is 4.79 Å². The smallest absolute Gasteiger partial charge is 0.332 e. The zero-order valence-corrected chi connectivity index (χ0v) is 13.1. The number of hydrogen-bond acceptors (Lipinski definition) is 3. The fraction of sp³-hybridized carbons (Fsp3) is 0.188. The highest BCUT2D eigenvalue weighted by molar-refractivity contribution is 14.1. The second kappa shape index (κ2) is 8.01. The molecule has 0 bridgehead atoms. The minimum atomic E-state index is -0.338. The summed E-state index contributed by atoms with van der Waals surface area (Å²) in [4.78, 5) is 11.8. The van der Waals surface area contributed by atoms with Gasteiger partial charge in [0, 0.05) is 6.54 Å². The summed E-state index contributed by atoms with van der Waals surface area (Å²) in [5.41, 5.74) is 2.26. The molecule has 104 valence electrons. The van der Waals surface area contributed by atoms with Crippen LogP contribution in [0.1, 0.15) is 11.1 Å². The van der Waals surface area contributed by atoms with E-state index in [2.05, 4.69) is 5.32 Å². The fourth-order valence-electron chi connectivity index (χ4n) is 1.98. The summed E-state index contributed by atoms with van der Waals surface area (Å²) in [5.74, 6) is -0.245. The quantitative estimate of drug-likeness (QED) is 0.781. The third kappa shape index (κ3) is 4.61. The van der Waals surface area contributed by atoms with Gasteiger partial charge < -0.3 is 3.07 Å². The molecule has 0 aromatic heterocycles. The molecule has 3 nitrogen and oxygen atoms in total. The van der Waals surface area contributed by atoms with Crippen LogP contribution in [0.25, 0.3) is 0 Å². The van der Waals surface area contributed by atoms with Gasteiger partial charge in [-0.15, -0.1) is 0 Å². The van der Waals surface area contributed by atoms with Crippen LogP contribution >= 0.6 is 23.0 Å². The first-order valence-electron chi connectivity index (χ1n) is 6.43. The van der Waals surface area contributed by atoms with Crippen LogP contribution in [-0.2, 0) is 20.8 Å². The summed E-state index contributed by atoms with van der Waals surface area (Å²) in [6.07, 6.45) is 0.621. The normalized spacial score (nSPS) is 11.8. The molecule has 0 unspecified atom stereocenters. The number of benzene rings is 2. The maximum absolute atomic E-state index is 11.8. The summed E-state index contributed by atoms with van der Waals surface area (Å²) in [7, 11) is 0. The summed E-state index contributed by atoms with van der Waals surface area (Å²) < 4.78 is 4.84. The lowest BCUT2D eigenvalue weighted by Gasteiger charge is -2.16. The summed E-state index contributed by atoms with van der Waals surface area (Å²) >= 11 is 1.64. The average Bonchev–Trinajstić information content (AvgIpc) is 2.52. The number of carbonyl (C=O) groups excluding carboxylic acids is 1. The molecule has 1 atom stereocenters. The second-order valence-electron chi connectivity index (χ2n) is 4.50. The van der Waals surface area contributed by atoms with Gasteiger partial charge in [0.15, 0.2) is 23.0 Å². The third-order valence-corrected chi connectivity index (χ3v) is 3.47. The Kier molecular flexibility index (Phi) is 6.01. The van der Waals surface area contributed by atoms with Crippen molar-refractivity contribution in [1.82, 2.24) is 5.32 Å². The van der Waals surface area contributed by atoms with Crippen LogP contribution < -0.4 is 5.32 Å². The highest BCUT2D eigenvalue weighted by Gasteiger charge is 2.19. The maximum atomic E-state index is 11.8. The molecule has 2 aromatic carbocycles. The standard InChI is InChI=1S/C16H16INO2/c17-20-16(19)15(11-13-7-3-1-4-8-13)18-12-14-9-5-2-6-10-14/h1-10,15,18H,11-12H2/t15-/m1/s1. The molecule has 0 radical (unpaired) electrons. The predicted octanol–water partition coefficient (Wildman–Crippen LogP) is 3.28. The van der Waals surface area contributed by atoms with Crippen LogP contribution in [0.5, 0.6) is 0 Å². The lowest BCUT2D eigenvalue weighted by atomic mass is 10.1. The van der Waals surface area contributed by atoms with E-state index in [0.29, 0.717) is 13.0 Å². The van der Waals surface area contributed by atoms with Crippen LogP contribution in [0.3, 0.4) is 0 Å². The van der Waals surface area contributed by atoms with E-state index < -0.39 is 0 Å². The van der Waals surface area contributed by atoms with Gasteiger partial charge in [0.05, 0.1) is 0 Å². The van der Waals surface area contributed by atoms with Gasteiger partial charge in [-0.3, -0.25) is 5.32 Å². The Hall–Kier alpha value is -1.40. The Bertz CT molecular complexity index is 531. The molecule has 0 fully saturated rings. The highest BCUT2D eigenvalue weighted by atomic mass is 127. The van der Waals surface area contributed by atoms with E-state index in [0.717, 1.165) is 11.1 Å². The first-order valence-corrected chi connectivity index (χ1v) is 7.31. The molecule has 20 heavy (non-hydrogen) atoms. The lowest BCUT2D eigenvalue weighted by molar-refractivity contribution is -0.133. The minimum Gasteiger partial charge on any atom is -0.393 e. The van der Waals surface area contributed by atoms with E-state index in [4.69, 9.17) is 3.07 Å². The largest absolute Gasteiger partial charge is 0.393 e. The Morgan fingerprint density at radius 3 is 2.10 bits per heavy atom. The number of carbonyl (C=O) groups is 1. The van der Waals surface area contributed by atoms with Crippen molar-refractivity contribution in [2.45, 2.75) is 19.0 Å². The van der Waals surface area contributed by atoms with Gasteiger partial charge >= 0.3 is 5.97 Å². The molecular weight excluding hydrogens is 365 g/mol. The predicted molar refractivity (Wildman–Crippen MR) is 87.3 cm³/mol. The van der Waals surface area contributed by atoms with Crippen molar-refractivity contribution in [3.63, 3.8) is 0 Å². The Morgan fingerprint density at radius 2 is 1.55 bits per heavy atom. The maximum Gasteiger partial charge on any atom is 0.332 e. The van der Waals surface area contributed by atoms with E-state index in [-0.39, 0.29) is 12.0 Å². The van der Waals surface area contributed by atoms with Crippen LogP contribution in [0.15, 0.2) is 60.7 Å².